The number of hydrogen-bond acceptors (Lipinski definition) is 4. The zero-order valence-corrected chi connectivity index (χ0v) is 13.2. The molecule has 1 N–H and O–H groups in total. The Bertz CT molecular complexity index is 698. The molecular weight excluding hydrogens is 334 g/mol. The Labute approximate surface area is 131 Å². The number of nitrogens with zero attached hydrogens (tertiary/aromatic N) is 1. The third-order valence-electron chi connectivity index (χ3n) is 3.21. The fourth-order valence-electron chi connectivity index (χ4n) is 2.03. The van der Waals surface area contributed by atoms with Crippen LogP contribution in [0.25, 0.3) is 0 Å². The van der Waals surface area contributed by atoms with E-state index in [4.69, 9.17) is 0 Å². The van der Waals surface area contributed by atoms with Crippen molar-refractivity contribution in [3.63, 3.8) is 0 Å². The van der Waals surface area contributed by atoms with Crippen LogP contribution in [0.15, 0.2) is 41.1 Å². The van der Waals surface area contributed by atoms with Crippen molar-refractivity contribution in [1.29, 1.82) is 0 Å². The van der Waals surface area contributed by atoms with Gasteiger partial charge >= 0.3 is 0 Å². The van der Waals surface area contributed by atoms with Crippen LogP contribution in [0.4, 0.5) is 0 Å². The van der Waals surface area contributed by atoms with Crippen LogP contribution in [-0.4, -0.2) is 21.7 Å². The minimum Gasteiger partial charge on any atom is -0.506 e. The van der Waals surface area contributed by atoms with Crippen molar-refractivity contribution < 1.29 is 14.7 Å². The molecule has 0 radical (unpaired) electrons. The Morgan fingerprint density at radius 2 is 2.00 bits per heavy atom. The smallest absolute Gasteiger partial charge is 0.177 e. The second-order valence-electron chi connectivity index (χ2n) is 4.83. The van der Waals surface area contributed by atoms with E-state index in [2.05, 4.69) is 20.9 Å². The van der Waals surface area contributed by atoms with Gasteiger partial charge in [-0.05, 0) is 59.6 Å². The van der Waals surface area contributed by atoms with E-state index in [-0.39, 0.29) is 17.1 Å². The topological polar surface area (TPSA) is 67.3 Å². The summed E-state index contributed by atoms with van der Waals surface area (Å²) >= 11 is 3.20. The van der Waals surface area contributed by atoms with Crippen LogP contribution >= 0.6 is 15.9 Å². The van der Waals surface area contributed by atoms with Crippen molar-refractivity contribution >= 4 is 27.5 Å². The van der Waals surface area contributed by atoms with Gasteiger partial charge in [0.25, 0.3) is 0 Å². The molecule has 0 saturated heterocycles. The standard InChI is InChI=1S/C16H14BrNO3/c1-9-6-12(16(21)13(17)7-9)15(20)10(2)14(19)11-4-3-5-18-8-11/h3-8,10,21H,1-2H3. The van der Waals surface area contributed by atoms with Gasteiger partial charge in [0.15, 0.2) is 11.6 Å². The van der Waals surface area contributed by atoms with Crippen molar-refractivity contribution in [2.45, 2.75) is 13.8 Å². The van der Waals surface area contributed by atoms with Crippen molar-refractivity contribution in [2.75, 3.05) is 0 Å². The predicted molar refractivity (Wildman–Crippen MR) is 82.6 cm³/mol. The fraction of sp³-hybridized carbons (Fsp3) is 0.188. The minimum atomic E-state index is -0.881. The molecule has 0 fully saturated rings. The van der Waals surface area contributed by atoms with Gasteiger partial charge in [-0.1, -0.05) is 0 Å². The molecule has 1 aromatic heterocycles. The number of carbonyl (C=O) groups is 2. The van der Waals surface area contributed by atoms with E-state index in [1.807, 2.05) is 6.92 Å². The quantitative estimate of drug-likeness (QED) is 0.678. The second kappa shape index (κ2) is 6.18. The third-order valence-corrected chi connectivity index (χ3v) is 3.81. The number of pyridine rings is 1. The van der Waals surface area contributed by atoms with Gasteiger partial charge in [0.05, 0.1) is 16.0 Å². The predicted octanol–water partition coefficient (Wildman–Crippen LogP) is 3.56. The lowest BCUT2D eigenvalue weighted by Gasteiger charge is -2.12. The maximum atomic E-state index is 12.5. The lowest BCUT2D eigenvalue weighted by Crippen LogP contribution is -2.21. The van der Waals surface area contributed by atoms with Crippen LogP contribution in [0, 0.1) is 12.8 Å². The Kier molecular flexibility index (Phi) is 4.53. The first kappa shape index (κ1) is 15.4. The number of aromatic hydroxyl groups is 1. The Morgan fingerprint density at radius 1 is 1.29 bits per heavy atom. The van der Waals surface area contributed by atoms with Crippen molar-refractivity contribution in [1.82, 2.24) is 4.98 Å². The summed E-state index contributed by atoms with van der Waals surface area (Å²) < 4.78 is 0.437. The molecule has 0 saturated carbocycles. The van der Waals surface area contributed by atoms with Crippen LogP contribution < -0.4 is 0 Å². The van der Waals surface area contributed by atoms with E-state index >= 15 is 0 Å². The number of hydrogen-bond donors (Lipinski definition) is 1. The lowest BCUT2D eigenvalue weighted by molar-refractivity contribution is 0.0819. The summed E-state index contributed by atoms with van der Waals surface area (Å²) in [4.78, 5) is 28.6. The summed E-state index contributed by atoms with van der Waals surface area (Å²) in [7, 11) is 0. The van der Waals surface area contributed by atoms with E-state index < -0.39 is 11.7 Å². The van der Waals surface area contributed by atoms with E-state index in [1.165, 1.54) is 13.1 Å². The third kappa shape index (κ3) is 3.19. The lowest BCUT2D eigenvalue weighted by atomic mass is 9.91. The maximum absolute atomic E-state index is 12.5. The highest BCUT2D eigenvalue weighted by Crippen LogP contribution is 2.31. The number of benzene rings is 1. The molecule has 0 aliphatic rings. The van der Waals surface area contributed by atoms with Gasteiger partial charge in [0, 0.05) is 18.0 Å². The van der Waals surface area contributed by atoms with Gasteiger partial charge in [0.1, 0.15) is 5.75 Å². The van der Waals surface area contributed by atoms with Crippen molar-refractivity contribution in [2.24, 2.45) is 5.92 Å². The molecule has 0 amide bonds. The molecule has 1 atom stereocenters. The largest absolute Gasteiger partial charge is 0.506 e. The molecule has 108 valence electrons. The maximum Gasteiger partial charge on any atom is 0.177 e. The van der Waals surface area contributed by atoms with Crippen LogP contribution in [0.3, 0.4) is 0 Å². The van der Waals surface area contributed by atoms with Gasteiger partial charge in [0.2, 0.25) is 0 Å². The molecule has 1 heterocycles. The van der Waals surface area contributed by atoms with Gasteiger partial charge in [-0.25, -0.2) is 0 Å². The molecule has 2 aromatic rings. The number of rotatable bonds is 4. The molecule has 2 rings (SSSR count). The summed E-state index contributed by atoms with van der Waals surface area (Å²) in [6.45, 7) is 3.35. The zero-order valence-electron chi connectivity index (χ0n) is 11.6. The monoisotopic (exact) mass is 347 g/mol. The number of ketones is 2. The highest BCUT2D eigenvalue weighted by Gasteiger charge is 2.26. The number of aryl methyl sites for hydroxylation is 1. The first-order chi connectivity index (χ1) is 9.91. The Balaban J connectivity index is 2.34. The molecule has 0 aliphatic heterocycles. The molecule has 5 heteroatoms. The van der Waals surface area contributed by atoms with E-state index in [1.54, 1.807) is 30.5 Å². The average Bonchev–Trinajstić information content (AvgIpc) is 2.49. The van der Waals surface area contributed by atoms with Gasteiger partial charge < -0.3 is 5.11 Å². The van der Waals surface area contributed by atoms with Crippen molar-refractivity contribution in [3.8, 4) is 5.75 Å². The SMILES string of the molecule is Cc1cc(Br)c(O)c(C(=O)C(C)C(=O)c2cccnc2)c1. The van der Waals surface area contributed by atoms with Crippen LogP contribution in [-0.2, 0) is 0 Å². The molecule has 0 spiro atoms. The summed E-state index contributed by atoms with van der Waals surface area (Å²) in [5, 5.41) is 10.0. The normalized spacial score (nSPS) is 12.0. The number of Topliss-reactive ketones (excluding diaryl/α,β-unsaturated/α-hetero) is 2. The zero-order chi connectivity index (χ0) is 15.6. The fourth-order valence-corrected chi connectivity index (χ4v) is 2.61. The molecule has 0 bridgehead atoms. The van der Waals surface area contributed by atoms with Gasteiger partial charge in [-0.3, -0.25) is 14.6 Å². The second-order valence-corrected chi connectivity index (χ2v) is 5.69. The highest BCUT2D eigenvalue weighted by atomic mass is 79.9. The highest BCUT2D eigenvalue weighted by molar-refractivity contribution is 9.10. The summed E-state index contributed by atoms with van der Waals surface area (Å²) in [6.07, 6.45) is 2.99. The van der Waals surface area contributed by atoms with Crippen LogP contribution in [0.5, 0.6) is 5.75 Å². The number of carbonyl (C=O) groups excluding carboxylic acids is 2. The molecule has 21 heavy (non-hydrogen) atoms. The van der Waals surface area contributed by atoms with E-state index in [0.717, 1.165) is 5.56 Å². The molecule has 0 aliphatic carbocycles. The van der Waals surface area contributed by atoms with Gasteiger partial charge in [-0.2, -0.15) is 0 Å². The number of phenolic OH excluding ortho intramolecular Hbond substituents is 1. The molecular formula is C16H14BrNO3. The average molecular weight is 348 g/mol. The van der Waals surface area contributed by atoms with Crippen LogP contribution in [0.1, 0.15) is 33.2 Å². The Hall–Kier alpha value is -2.01. The summed E-state index contributed by atoms with van der Waals surface area (Å²) in [5.74, 6) is -1.75. The first-order valence-electron chi connectivity index (χ1n) is 6.39. The number of aromatic nitrogens is 1. The molecule has 4 nitrogen and oxygen atoms in total. The van der Waals surface area contributed by atoms with E-state index in [0.29, 0.717) is 10.0 Å². The number of phenols is 1. The first-order valence-corrected chi connectivity index (χ1v) is 7.18. The minimum absolute atomic E-state index is 0.142. The Morgan fingerprint density at radius 3 is 2.62 bits per heavy atom. The van der Waals surface area contributed by atoms with E-state index in [9.17, 15) is 14.7 Å². The number of halogens is 1. The summed E-state index contributed by atoms with van der Waals surface area (Å²) in [6, 6.07) is 6.55. The van der Waals surface area contributed by atoms with Gasteiger partial charge in [-0.15, -0.1) is 0 Å². The summed E-state index contributed by atoms with van der Waals surface area (Å²) in [5.41, 5.74) is 1.35. The van der Waals surface area contributed by atoms with Crippen molar-refractivity contribution in [3.05, 3.63) is 57.8 Å². The van der Waals surface area contributed by atoms with Crippen LogP contribution in [0.2, 0.25) is 0 Å². The molecule has 1 unspecified atom stereocenters. The molecule has 1 aromatic carbocycles.